The van der Waals surface area contributed by atoms with Crippen LogP contribution < -0.4 is 0 Å². The maximum Gasteiger partial charge on any atom is 0.102 e. The molecule has 1 atom stereocenters. The summed E-state index contributed by atoms with van der Waals surface area (Å²) < 4.78 is 1.92. The van der Waals surface area contributed by atoms with Crippen LogP contribution in [0.25, 0.3) is 0 Å². The molecule has 0 spiro atoms. The number of hydrogen-bond donors (Lipinski definition) is 0. The van der Waals surface area contributed by atoms with Crippen molar-refractivity contribution < 1.29 is 0 Å². The molecule has 0 amide bonds. The van der Waals surface area contributed by atoms with Gasteiger partial charge in [-0.2, -0.15) is 10.4 Å². The molecule has 1 unspecified atom stereocenters. The van der Waals surface area contributed by atoms with E-state index in [0.29, 0.717) is 11.6 Å². The van der Waals surface area contributed by atoms with Crippen molar-refractivity contribution in [3.63, 3.8) is 0 Å². The summed E-state index contributed by atoms with van der Waals surface area (Å²) in [6.45, 7) is 4.98. The lowest BCUT2D eigenvalue weighted by Gasteiger charge is -2.14. The lowest BCUT2D eigenvalue weighted by atomic mass is 10.3. The minimum absolute atomic E-state index is 0.377. The molecule has 3 heterocycles. The third kappa shape index (κ3) is 2.67. The minimum atomic E-state index is 0.377. The quantitative estimate of drug-likeness (QED) is 0.858. The summed E-state index contributed by atoms with van der Waals surface area (Å²) >= 11 is 1.70. The van der Waals surface area contributed by atoms with Crippen LogP contribution in [0.3, 0.4) is 0 Å². The van der Waals surface area contributed by atoms with Gasteiger partial charge >= 0.3 is 0 Å². The monoisotopic (exact) mass is 273 g/mol. The molecule has 5 nitrogen and oxygen atoms in total. The van der Waals surface area contributed by atoms with Gasteiger partial charge in [0.1, 0.15) is 6.07 Å². The second kappa shape index (κ2) is 5.11. The smallest absolute Gasteiger partial charge is 0.102 e. The Morgan fingerprint density at radius 2 is 2.47 bits per heavy atom. The number of hydrogen-bond acceptors (Lipinski definition) is 5. The molecule has 0 bridgehead atoms. The van der Waals surface area contributed by atoms with Crippen LogP contribution in [0.4, 0.5) is 0 Å². The minimum Gasteiger partial charge on any atom is -0.295 e. The first-order valence-electron chi connectivity index (χ1n) is 6.32. The van der Waals surface area contributed by atoms with E-state index in [-0.39, 0.29) is 0 Å². The van der Waals surface area contributed by atoms with Crippen molar-refractivity contribution in [2.75, 3.05) is 13.1 Å². The molecular weight excluding hydrogens is 258 g/mol. The Bertz CT molecular complexity index is 609. The molecule has 0 aromatic carbocycles. The summed E-state index contributed by atoms with van der Waals surface area (Å²) in [5.74, 6) is 0. The Balaban J connectivity index is 1.62. The molecule has 0 N–H and O–H groups in total. The zero-order valence-corrected chi connectivity index (χ0v) is 11.6. The Labute approximate surface area is 116 Å². The molecule has 3 rings (SSSR count). The number of aryl methyl sites for hydroxylation is 1. The average molecular weight is 273 g/mol. The van der Waals surface area contributed by atoms with Crippen LogP contribution in [0.5, 0.6) is 0 Å². The Hall–Kier alpha value is -1.71. The van der Waals surface area contributed by atoms with E-state index in [0.717, 1.165) is 36.8 Å². The number of aromatic nitrogens is 3. The van der Waals surface area contributed by atoms with Crippen LogP contribution in [0, 0.1) is 18.3 Å². The molecule has 2 aromatic rings. The Morgan fingerprint density at radius 1 is 1.58 bits per heavy atom. The van der Waals surface area contributed by atoms with Crippen molar-refractivity contribution in [3.05, 3.63) is 34.0 Å². The van der Waals surface area contributed by atoms with E-state index in [1.54, 1.807) is 17.5 Å². The summed E-state index contributed by atoms with van der Waals surface area (Å²) in [6.07, 6.45) is 4.54. The van der Waals surface area contributed by atoms with Crippen LogP contribution in [-0.2, 0) is 6.54 Å². The first-order chi connectivity index (χ1) is 9.24. The lowest BCUT2D eigenvalue weighted by molar-refractivity contribution is 0.308. The van der Waals surface area contributed by atoms with Gasteiger partial charge in [-0.05, 0) is 13.3 Å². The topological polar surface area (TPSA) is 57.7 Å². The molecule has 1 aliphatic rings. The Kier molecular flexibility index (Phi) is 3.32. The molecule has 0 saturated carbocycles. The summed E-state index contributed by atoms with van der Waals surface area (Å²) in [5.41, 5.74) is 1.79. The molecule has 1 fully saturated rings. The summed E-state index contributed by atoms with van der Waals surface area (Å²) in [6, 6.07) is 2.50. The molecule has 2 aromatic heterocycles. The van der Waals surface area contributed by atoms with E-state index in [1.165, 1.54) is 0 Å². The van der Waals surface area contributed by atoms with Gasteiger partial charge in [-0.1, -0.05) is 0 Å². The van der Waals surface area contributed by atoms with Gasteiger partial charge in [0, 0.05) is 31.2 Å². The molecule has 0 radical (unpaired) electrons. The highest BCUT2D eigenvalue weighted by Crippen LogP contribution is 2.23. The molecular formula is C13H15N5S. The largest absolute Gasteiger partial charge is 0.295 e. The number of likely N-dealkylation sites (tertiary alicyclic amines) is 1. The van der Waals surface area contributed by atoms with Crippen molar-refractivity contribution in [1.29, 1.82) is 5.26 Å². The molecule has 6 heteroatoms. The van der Waals surface area contributed by atoms with Gasteiger partial charge in [0.15, 0.2) is 0 Å². The highest BCUT2D eigenvalue weighted by Gasteiger charge is 2.24. The predicted molar refractivity (Wildman–Crippen MR) is 72.7 cm³/mol. The van der Waals surface area contributed by atoms with Crippen molar-refractivity contribution in [2.24, 2.45) is 0 Å². The van der Waals surface area contributed by atoms with E-state index in [2.05, 4.69) is 26.4 Å². The summed E-state index contributed by atoms with van der Waals surface area (Å²) in [4.78, 5) is 6.90. The molecule has 1 saturated heterocycles. The van der Waals surface area contributed by atoms with Crippen LogP contribution >= 0.6 is 11.3 Å². The zero-order chi connectivity index (χ0) is 13.2. The molecule has 1 aliphatic heterocycles. The van der Waals surface area contributed by atoms with Crippen LogP contribution in [0.15, 0.2) is 17.8 Å². The van der Waals surface area contributed by atoms with Gasteiger partial charge in [-0.25, -0.2) is 4.98 Å². The third-order valence-electron chi connectivity index (χ3n) is 3.40. The first-order valence-corrected chi connectivity index (χ1v) is 7.20. The second-order valence-corrected chi connectivity index (χ2v) is 5.92. The van der Waals surface area contributed by atoms with Crippen LogP contribution in [0.1, 0.15) is 28.7 Å². The molecule has 0 aliphatic carbocycles. The van der Waals surface area contributed by atoms with Crippen molar-refractivity contribution in [1.82, 2.24) is 19.7 Å². The van der Waals surface area contributed by atoms with E-state index < -0.39 is 0 Å². The Morgan fingerprint density at radius 3 is 3.16 bits per heavy atom. The van der Waals surface area contributed by atoms with Crippen molar-refractivity contribution in [2.45, 2.75) is 25.9 Å². The predicted octanol–water partition coefficient (Wildman–Crippen LogP) is 1.97. The average Bonchev–Trinajstić information content (AvgIpc) is 3.10. The standard InChI is InChI=1S/C13H15N5S/c1-10-16-12(9-19-10)7-17-3-2-13(8-17)18-6-11(4-14)5-15-18/h5-6,9,13H,2-3,7-8H2,1H3. The second-order valence-electron chi connectivity index (χ2n) is 4.86. The van der Waals surface area contributed by atoms with Crippen molar-refractivity contribution in [3.8, 4) is 6.07 Å². The van der Waals surface area contributed by atoms with Gasteiger partial charge in [0.2, 0.25) is 0 Å². The third-order valence-corrected chi connectivity index (χ3v) is 4.23. The normalized spacial score (nSPS) is 19.7. The summed E-state index contributed by atoms with van der Waals surface area (Å²) in [5, 5.41) is 16.3. The van der Waals surface area contributed by atoms with E-state index >= 15 is 0 Å². The maximum absolute atomic E-state index is 8.82. The zero-order valence-electron chi connectivity index (χ0n) is 10.8. The fraction of sp³-hybridized carbons (Fsp3) is 0.462. The lowest BCUT2D eigenvalue weighted by Crippen LogP contribution is -2.21. The number of nitriles is 1. The van der Waals surface area contributed by atoms with Crippen LogP contribution in [-0.4, -0.2) is 32.8 Å². The van der Waals surface area contributed by atoms with Crippen molar-refractivity contribution >= 4 is 11.3 Å². The van der Waals surface area contributed by atoms with E-state index in [1.807, 2.05) is 17.8 Å². The number of nitrogens with zero attached hydrogens (tertiary/aromatic N) is 5. The highest BCUT2D eigenvalue weighted by molar-refractivity contribution is 7.09. The van der Waals surface area contributed by atoms with Crippen LogP contribution in [0.2, 0.25) is 0 Å². The van der Waals surface area contributed by atoms with Gasteiger partial charge in [-0.3, -0.25) is 9.58 Å². The fourth-order valence-corrected chi connectivity index (χ4v) is 3.08. The molecule has 19 heavy (non-hydrogen) atoms. The number of thiazole rings is 1. The SMILES string of the molecule is Cc1nc(CN2CCC(n3cc(C#N)cn3)C2)cs1. The van der Waals surface area contributed by atoms with Gasteiger partial charge in [-0.15, -0.1) is 11.3 Å². The van der Waals surface area contributed by atoms with Gasteiger partial charge < -0.3 is 0 Å². The maximum atomic E-state index is 8.82. The highest BCUT2D eigenvalue weighted by atomic mass is 32.1. The van der Waals surface area contributed by atoms with E-state index in [4.69, 9.17) is 5.26 Å². The fourth-order valence-electron chi connectivity index (χ4n) is 2.48. The van der Waals surface area contributed by atoms with Gasteiger partial charge in [0.05, 0.1) is 28.5 Å². The number of rotatable bonds is 3. The van der Waals surface area contributed by atoms with E-state index in [9.17, 15) is 0 Å². The first kappa shape index (κ1) is 12.3. The summed E-state index contributed by atoms with van der Waals surface area (Å²) in [7, 11) is 0. The van der Waals surface area contributed by atoms with Gasteiger partial charge in [0.25, 0.3) is 0 Å². The molecule has 98 valence electrons.